The number of fused-ring (bicyclic) bond motifs is 1. The van der Waals surface area contributed by atoms with E-state index in [9.17, 15) is 18.0 Å². The van der Waals surface area contributed by atoms with E-state index < -0.39 is 17.8 Å². The number of hydrogen-bond donors (Lipinski definition) is 0. The van der Waals surface area contributed by atoms with Crippen molar-refractivity contribution >= 4 is 23.3 Å². The number of pyridine rings is 1. The fraction of sp³-hybridized carbons (Fsp3) is 0.161. The van der Waals surface area contributed by atoms with Gasteiger partial charge in [-0.2, -0.15) is 13.2 Å². The van der Waals surface area contributed by atoms with Crippen LogP contribution >= 0.6 is 0 Å². The first-order valence-electron chi connectivity index (χ1n) is 13.2. The lowest BCUT2D eigenvalue weighted by Gasteiger charge is -2.26. The van der Waals surface area contributed by atoms with Gasteiger partial charge in [-0.05, 0) is 55.0 Å². The maximum atomic E-state index is 13.3. The van der Waals surface area contributed by atoms with Crippen LogP contribution in [0.3, 0.4) is 0 Å². The van der Waals surface area contributed by atoms with Gasteiger partial charge in [-0.3, -0.25) is 14.7 Å². The number of rotatable bonds is 9. The summed E-state index contributed by atoms with van der Waals surface area (Å²) in [6.45, 7) is 2.53. The van der Waals surface area contributed by atoms with Gasteiger partial charge in [-0.1, -0.05) is 18.2 Å². The lowest BCUT2D eigenvalue weighted by Crippen LogP contribution is -2.31. The number of nitrogens with zero attached hydrogens (tertiary/aromatic N) is 6. The Kier molecular flexibility index (Phi) is 7.07. The Morgan fingerprint density at radius 1 is 1.02 bits per heavy atom. The van der Waals surface area contributed by atoms with Gasteiger partial charge in [-0.15, -0.1) is 0 Å². The number of aromatic nitrogens is 5. The topological polar surface area (TPSA) is 82.0 Å². The van der Waals surface area contributed by atoms with E-state index in [0.717, 1.165) is 29.1 Å². The highest BCUT2D eigenvalue weighted by Gasteiger charge is 2.32. The van der Waals surface area contributed by atoms with E-state index in [1.807, 2.05) is 58.7 Å². The third-order valence-corrected chi connectivity index (χ3v) is 7.13. The highest BCUT2D eigenvalue weighted by atomic mass is 19.4. The SMILES string of the molecule is CCn1c(-c2ccc(-n3ccnc3)cc2)cnc1[C@H](Cc1ccccn1)N(C=O)c1cc2cc(C(F)(F)F)ccc2o1. The summed E-state index contributed by atoms with van der Waals surface area (Å²) in [6.07, 6.45) is 5.12. The van der Waals surface area contributed by atoms with Crippen molar-refractivity contribution < 1.29 is 22.4 Å². The Labute approximate surface area is 238 Å². The molecule has 4 heterocycles. The van der Waals surface area contributed by atoms with Crippen molar-refractivity contribution in [3.8, 4) is 16.9 Å². The van der Waals surface area contributed by atoms with Gasteiger partial charge in [-0.25, -0.2) is 9.97 Å². The van der Waals surface area contributed by atoms with Crippen LogP contribution in [0.5, 0.6) is 0 Å². The molecule has 212 valence electrons. The van der Waals surface area contributed by atoms with E-state index in [4.69, 9.17) is 9.40 Å². The van der Waals surface area contributed by atoms with Crippen LogP contribution in [-0.2, 0) is 23.9 Å². The van der Waals surface area contributed by atoms with Crippen molar-refractivity contribution in [1.29, 1.82) is 0 Å². The lowest BCUT2D eigenvalue weighted by atomic mass is 10.1. The summed E-state index contributed by atoms with van der Waals surface area (Å²) in [4.78, 5) is 27.3. The molecule has 6 rings (SSSR count). The molecule has 0 N–H and O–H groups in total. The zero-order valence-corrected chi connectivity index (χ0v) is 22.4. The molecular weight excluding hydrogens is 545 g/mol. The molecule has 2 aromatic carbocycles. The number of furan rings is 1. The number of carbonyl (C=O) groups excluding carboxylic acids is 1. The summed E-state index contributed by atoms with van der Waals surface area (Å²) in [5, 5.41) is 0.237. The molecule has 42 heavy (non-hydrogen) atoms. The van der Waals surface area contributed by atoms with Crippen molar-refractivity contribution in [1.82, 2.24) is 24.1 Å². The molecule has 0 aliphatic heterocycles. The van der Waals surface area contributed by atoms with Gasteiger partial charge in [0.2, 0.25) is 12.3 Å². The number of anilines is 1. The van der Waals surface area contributed by atoms with Gasteiger partial charge in [0.05, 0.1) is 23.8 Å². The molecule has 0 radical (unpaired) electrons. The predicted molar refractivity (Wildman–Crippen MR) is 151 cm³/mol. The minimum Gasteiger partial charge on any atom is -0.440 e. The highest BCUT2D eigenvalue weighted by Crippen LogP contribution is 2.37. The van der Waals surface area contributed by atoms with Gasteiger partial charge >= 0.3 is 6.18 Å². The summed E-state index contributed by atoms with van der Waals surface area (Å²) < 4.78 is 49.8. The van der Waals surface area contributed by atoms with Gasteiger partial charge in [0.25, 0.3) is 0 Å². The van der Waals surface area contributed by atoms with Crippen LogP contribution in [0.1, 0.15) is 30.0 Å². The van der Waals surface area contributed by atoms with E-state index in [-0.39, 0.29) is 16.9 Å². The average Bonchev–Trinajstić information content (AvgIpc) is 3.77. The molecule has 0 bridgehead atoms. The molecule has 6 aromatic rings. The lowest BCUT2D eigenvalue weighted by molar-refractivity contribution is -0.137. The number of amides is 1. The molecule has 0 aliphatic rings. The zero-order chi connectivity index (χ0) is 29.3. The minimum atomic E-state index is -4.50. The highest BCUT2D eigenvalue weighted by molar-refractivity contribution is 5.85. The second-order valence-corrected chi connectivity index (χ2v) is 9.65. The number of imidazole rings is 2. The summed E-state index contributed by atoms with van der Waals surface area (Å²) in [7, 11) is 0. The van der Waals surface area contributed by atoms with E-state index >= 15 is 0 Å². The number of hydrogen-bond acceptors (Lipinski definition) is 5. The second-order valence-electron chi connectivity index (χ2n) is 9.65. The summed E-state index contributed by atoms with van der Waals surface area (Å²) in [5.41, 5.74) is 2.88. The maximum absolute atomic E-state index is 13.3. The second kappa shape index (κ2) is 11.0. The standard InChI is InChI=1S/C31H25F3N6O2/c1-2-39-27(21-6-9-25(10-7-21)38-14-13-35-19-38)18-37-30(39)26(17-24-5-3-4-12-36-24)40(20-41)29-16-22-15-23(31(32,33)34)8-11-28(22)42-29/h3-16,18-20,26H,2,17H2,1H3/t26-/m0/s1. The van der Waals surface area contributed by atoms with Crippen LogP contribution in [0.2, 0.25) is 0 Å². The summed E-state index contributed by atoms with van der Waals surface area (Å²) in [6, 6.07) is 17.4. The molecule has 11 heteroatoms. The number of halogens is 3. The van der Waals surface area contributed by atoms with Gasteiger partial charge in [0, 0.05) is 54.4 Å². The van der Waals surface area contributed by atoms with Crippen LogP contribution in [0, 0.1) is 0 Å². The van der Waals surface area contributed by atoms with Gasteiger partial charge in [0.15, 0.2) is 0 Å². The molecule has 1 amide bonds. The Bertz CT molecular complexity index is 1810. The largest absolute Gasteiger partial charge is 0.440 e. The summed E-state index contributed by atoms with van der Waals surface area (Å²) >= 11 is 0. The minimum absolute atomic E-state index is 0.108. The number of alkyl halides is 3. The van der Waals surface area contributed by atoms with Crippen molar-refractivity contribution in [3.63, 3.8) is 0 Å². The molecule has 0 saturated carbocycles. The average molecular weight is 571 g/mol. The first kappa shape index (κ1) is 27.0. The molecule has 0 spiro atoms. The first-order valence-corrected chi connectivity index (χ1v) is 13.2. The van der Waals surface area contributed by atoms with Crippen LogP contribution in [0.25, 0.3) is 27.9 Å². The molecule has 0 aliphatic carbocycles. The third kappa shape index (κ3) is 5.16. The van der Waals surface area contributed by atoms with Crippen LogP contribution in [0.15, 0.2) is 102 Å². The van der Waals surface area contributed by atoms with E-state index in [1.54, 1.807) is 31.0 Å². The van der Waals surface area contributed by atoms with Crippen LogP contribution in [0.4, 0.5) is 19.1 Å². The number of carbonyl (C=O) groups is 1. The molecule has 8 nitrogen and oxygen atoms in total. The Balaban J connectivity index is 1.42. The Morgan fingerprint density at radius 2 is 1.86 bits per heavy atom. The third-order valence-electron chi connectivity index (χ3n) is 7.13. The number of benzene rings is 2. The van der Waals surface area contributed by atoms with Crippen molar-refractivity contribution in [2.75, 3.05) is 4.90 Å². The summed E-state index contributed by atoms with van der Waals surface area (Å²) in [5.74, 6) is 0.692. The maximum Gasteiger partial charge on any atom is 0.416 e. The van der Waals surface area contributed by atoms with Gasteiger partial charge in [0.1, 0.15) is 17.4 Å². The quantitative estimate of drug-likeness (QED) is 0.177. The fourth-order valence-electron chi connectivity index (χ4n) is 5.08. The van der Waals surface area contributed by atoms with Crippen molar-refractivity contribution in [3.05, 3.63) is 115 Å². The predicted octanol–water partition coefficient (Wildman–Crippen LogP) is 6.86. The first-order chi connectivity index (χ1) is 20.4. The Morgan fingerprint density at radius 3 is 2.52 bits per heavy atom. The van der Waals surface area contributed by atoms with E-state index in [1.165, 1.54) is 17.0 Å². The molecule has 0 fully saturated rings. The van der Waals surface area contributed by atoms with Crippen molar-refractivity contribution in [2.24, 2.45) is 0 Å². The molecule has 0 saturated heterocycles. The molecular formula is C31H25F3N6O2. The molecule has 4 aromatic heterocycles. The van der Waals surface area contributed by atoms with Crippen LogP contribution < -0.4 is 4.90 Å². The normalized spacial score (nSPS) is 12.5. The Hall–Kier alpha value is -5.19. The monoisotopic (exact) mass is 570 g/mol. The molecule has 1 atom stereocenters. The van der Waals surface area contributed by atoms with E-state index in [0.29, 0.717) is 30.9 Å². The zero-order valence-electron chi connectivity index (χ0n) is 22.4. The van der Waals surface area contributed by atoms with Gasteiger partial charge < -0.3 is 13.6 Å². The smallest absolute Gasteiger partial charge is 0.416 e. The van der Waals surface area contributed by atoms with E-state index in [2.05, 4.69) is 9.97 Å². The van der Waals surface area contributed by atoms with Crippen LogP contribution in [-0.4, -0.2) is 30.5 Å². The molecule has 0 unspecified atom stereocenters. The fourth-order valence-corrected chi connectivity index (χ4v) is 5.08. The van der Waals surface area contributed by atoms with Crippen molar-refractivity contribution in [2.45, 2.75) is 32.1 Å².